The van der Waals surface area contributed by atoms with E-state index in [9.17, 15) is 4.79 Å². The molecule has 0 saturated carbocycles. The van der Waals surface area contributed by atoms with Crippen LogP contribution in [0, 0.1) is 0 Å². The van der Waals surface area contributed by atoms with Crippen molar-refractivity contribution in [2.24, 2.45) is 0 Å². The first-order chi connectivity index (χ1) is 9.69. The van der Waals surface area contributed by atoms with Gasteiger partial charge in [0.25, 0.3) is 0 Å². The molecule has 3 rings (SSSR count). The highest BCUT2D eigenvalue weighted by Crippen LogP contribution is 2.35. The van der Waals surface area contributed by atoms with Gasteiger partial charge in [-0.05, 0) is 23.1 Å². The van der Waals surface area contributed by atoms with Crippen molar-refractivity contribution in [1.29, 1.82) is 0 Å². The zero-order valence-electron chi connectivity index (χ0n) is 10.6. The third-order valence-electron chi connectivity index (χ3n) is 2.88. The maximum Gasteiger partial charge on any atom is 0.310 e. The monoisotopic (exact) mass is 307 g/mol. The Kier molecular flexibility index (Phi) is 3.46. The fourth-order valence-corrected chi connectivity index (χ4v) is 2.98. The van der Waals surface area contributed by atoms with Gasteiger partial charge >= 0.3 is 5.97 Å². The Hall–Kier alpha value is -1.85. The number of carbonyl (C=O) groups excluding carboxylic acids is 1. The molecule has 6 heteroatoms. The van der Waals surface area contributed by atoms with Crippen LogP contribution < -0.4 is 0 Å². The molecule has 0 atom stereocenters. The number of thiophene rings is 1. The molecule has 3 aromatic rings. The Bertz CT molecular complexity index is 778. The third-order valence-corrected chi connectivity index (χ3v) is 4.21. The molecule has 0 radical (unpaired) electrons. The van der Waals surface area contributed by atoms with E-state index in [-0.39, 0.29) is 12.4 Å². The fourth-order valence-electron chi connectivity index (χ4n) is 1.92. The first-order valence-electron chi connectivity index (χ1n) is 5.87. The Labute approximate surface area is 123 Å². The number of oxazole rings is 1. The minimum atomic E-state index is -0.309. The molecule has 1 aromatic carbocycles. The summed E-state index contributed by atoms with van der Waals surface area (Å²) in [6.45, 7) is 0. The average Bonchev–Trinajstić information content (AvgIpc) is 3.04. The summed E-state index contributed by atoms with van der Waals surface area (Å²) in [7, 11) is 1.36. The van der Waals surface area contributed by atoms with E-state index in [2.05, 4.69) is 9.72 Å². The number of hydrogen-bond acceptors (Lipinski definition) is 5. The number of aromatic nitrogens is 1. The summed E-state index contributed by atoms with van der Waals surface area (Å²) >= 11 is 7.55. The topological polar surface area (TPSA) is 52.3 Å². The summed E-state index contributed by atoms with van der Waals surface area (Å²) in [6, 6.07) is 7.27. The van der Waals surface area contributed by atoms with Crippen molar-refractivity contribution in [3.05, 3.63) is 40.2 Å². The molecule has 0 fully saturated rings. The van der Waals surface area contributed by atoms with Gasteiger partial charge in [0.15, 0.2) is 5.58 Å². The summed E-state index contributed by atoms with van der Waals surface area (Å²) in [4.78, 5) is 16.7. The summed E-state index contributed by atoms with van der Waals surface area (Å²) in [5, 5.41) is 2.48. The lowest BCUT2D eigenvalue weighted by molar-refractivity contribution is -0.139. The van der Waals surface area contributed by atoms with Crippen LogP contribution in [0.5, 0.6) is 0 Å². The quantitative estimate of drug-likeness (QED) is 0.688. The predicted octanol–water partition coefficient (Wildman–Crippen LogP) is 3.93. The van der Waals surface area contributed by atoms with E-state index < -0.39 is 0 Å². The molecule has 0 N–H and O–H groups in total. The van der Waals surface area contributed by atoms with Crippen molar-refractivity contribution in [3.8, 4) is 10.8 Å². The van der Waals surface area contributed by atoms with Gasteiger partial charge < -0.3 is 9.15 Å². The number of carbonyl (C=O) groups is 1. The molecule has 0 amide bonds. The molecule has 0 spiro atoms. The van der Waals surface area contributed by atoms with Gasteiger partial charge in [0.05, 0.1) is 18.6 Å². The van der Waals surface area contributed by atoms with E-state index in [0.29, 0.717) is 22.0 Å². The van der Waals surface area contributed by atoms with Gasteiger partial charge in [-0.1, -0.05) is 23.7 Å². The molecule has 2 aromatic heterocycles. The first kappa shape index (κ1) is 13.1. The van der Waals surface area contributed by atoms with Crippen LogP contribution >= 0.6 is 22.9 Å². The number of esters is 1. The number of fused-ring (bicyclic) bond motifs is 1. The Morgan fingerprint density at radius 3 is 3.00 bits per heavy atom. The van der Waals surface area contributed by atoms with E-state index in [1.165, 1.54) is 18.4 Å². The van der Waals surface area contributed by atoms with E-state index in [1.54, 1.807) is 6.07 Å². The zero-order valence-corrected chi connectivity index (χ0v) is 12.1. The molecule has 4 nitrogen and oxygen atoms in total. The van der Waals surface area contributed by atoms with Crippen LogP contribution in [0.1, 0.15) is 5.56 Å². The van der Waals surface area contributed by atoms with Crippen molar-refractivity contribution in [2.45, 2.75) is 6.42 Å². The molecule has 0 aliphatic heterocycles. The van der Waals surface area contributed by atoms with Gasteiger partial charge in [-0.25, -0.2) is 4.98 Å². The van der Waals surface area contributed by atoms with Gasteiger partial charge in [0, 0.05) is 0 Å². The highest BCUT2D eigenvalue weighted by molar-refractivity contribution is 7.14. The minimum Gasteiger partial charge on any atom is -0.469 e. The lowest BCUT2D eigenvalue weighted by Gasteiger charge is -1.99. The summed E-state index contributed by atoms with van der Waals surface area (Å²) < 4.78 is 10.4. The second-order valence-corrected chi connectivity index (χ2v) is 5.46. The van der Waals surface area contributed by atoms with Gasteiger partial charge in [0.2, 0.25) is 5.89 Å². The Morgan fingerprint density at radius 1 is 1.45 bits per heavy atom. The predicted molar refractivity (Wildman–Crippen MR) is 78.1 cm³/mol. The number of nitrogens with zero attached hydrogens (tertiary/aromatic N) is 1. The zero-order chi connectivity index (χ0) is 14.1. The van der Waals surface area contributed by atoms with Crippen LogP contribution in [0.2, 0.25) is 5.02 Å². The second kappa shape index (κ2) is 5.26. The first-order valence-corrected chi connectivity index (χ1v) is 7.13. The minimum absolute atomic E-state index is 0.165. The Morgan fingerprint density at radius 2 is 2.30 bits per heavy atom. The van der Waals surface area contributed by atoms with E-state index in [1.807, 2.05) is 23.6 Å². The number of methoxy groups -OCH3 is 1. The van der Waals surface area contributed by atoms with Gasteiger partial charge in [-0.15, -0.1) is 11.3 Å². The number of para-hydroxylation sites is 1. The maximum absolute atomic E-state index is 11.4. The molecule has 0 bridgehead atoms. The van der Waals surface area contributed by atoms with Gasteiger partial charge in [0.1, 0.15) is 10.4 Å². The van der Waals surface area contributed by atoms with Crippen molar-refractivity contribution in [3.63, 3.8) is 0 Å². The smallest absolute Gasteiger partial charge is 0.310 e. The van der Waals surface area contributed by atoms with Gasteiger partial charge in [-0.3, -0.25) is 4.79 Å². The average molecular weight is 308 g/mol. The molecule has 0 saturated heterocycles. The Balaban J connectivity index is 2.09. The number of benzene rings is 1. The number of halogens is 1. The molecule has 0 aliphatic rings. The molecule has 2 heterocycles. The number of rotatable bonds is 3. The van der Waals surface area contributed by atoms with E-state index >= 15 is 0 Å². The lowest BCUT2D eigenvalue weighted by atomic mass is 10.1. The largest absolute Gasteiger partial charge is 0.469 e. The summed E-state index contributed by atoms with van der Waals surface area (Å²) in [5.74, 6) is 0.161. The highest BCUT2D eigenvalue weighted by atomic mass is 35.5. The second-order valence-electron chi connectivity index (χ2n) is 4.13. The molecule has 0 unspecified atom stereocenters. The van der Waals surface area contributed by atoms with Gasteiger partial charge in [-0.2, -0.15) is 0 Å². The SMILES string of the molecule is COC(=O)Cc1cccc2oc(-c3sccc3Cl)nc12. The fraction of sp³-hybridized carbons (Fsp3) is 0.143. The van der Waals surface area contributed by atoms with Crippen LogP contribution in [0.3, 0.4) is 0 Å². The number of ether oxygens (including phenoxy) is 1. The van der Waals surface area contributed by atoms with Crippen molar-refractivity contribution in [1.82, 2.24) is 4.98 Å². The molecule has 0 aliphatic carbocycles. The summed E-state index contributed by atoms with van der Waals surface area (Å²) in [6.07, 6.45) is 0.165. The summed E-state index contributed by atoms with van der Waals surface area (Å²) in [5.41, 5.74) is 2.07. The van der Waals surface area contributed by atoms with Crippen LogP contribution in [0.25, 0.3) is 21.9 Å². The van der Waals surface area contributed by atoms with Crippen molar-refractivity contribution in [2.75, 3.05) is 7.11 Å². The standard InChI is InChI=1S/C14H10ClNO3S/c1-18-11(17)7-8-3-2-4-10-12(8)16-14(19-10)13-9(15)5-6-20-13/h2-6H,7H2,1H3. The molecular formula is C14H10ClNO3S. The van der Waals surface area contributed by atoms with Crippen molar-refractivity contribution >= 4 is 40.0 Å². The molecule has 102 valence electrons. The van der Waals surface area contributed by atoms with Crippen molar-refractivity contribution < 1.29 is 13.9 Å². The van der Waals surface area contributed by atoms with Crippen LogP contribution in [0.4, 0.5) is 0 Å². The normalized spacial score (nSPS) is 10.9. The molecular weight excluding hydrogens is 298 g/mol. The van der Waals surface area contributed by atoms with E-state index in [0.717, 1.165) is 10.4 Å². The maximum atomic E-state index is 11.4. The third kappa shape index (κ3) is 2.30. The number of hydrogen-bond donors (Lipinski definition) is 0. The van der Waals surface area contributed by atoms with Crippen LogP contribution in [-0.4, -0.2) is 18.1 Å². The van der Waals surface area contributed by atoms with Crippen LogP contribution in [-0.2, 0) is 16.0 Å². The van der Waals surface area contributed by atoms with E-state index in [4.69, 9.17) is 16.0 Å². The lowest BCUT2D eigenvalue weighted by Crippen LogP contribution is -2.04. The van der Waals surface area contributed by atoms with Crippen LogP contribution in [0.15, 0.2) is 34.1 Å². The molecule has 20 heavy (non-hydrogen) atoms. The highest BCUT2D eigenvalue weighted by Gasteiger charge is 2.16.